The lowest BCUT2D eigenvalue weighted by molar-refractivity contribution is -0.0207. The number of anilines is 1. The number of carbonyl (C=O) groups excluding carboxylic acids is 1. The topological polar surface area (TPSA) is 53.0 Å². The molecule has 0 heterocycles. The number of hydrogen-bond acceptors (Lipinski definition) is 5. The summed E-state index contributed by atoms with van der Waals surface area (Å²) in [6, 6.07) is 18.0. The van der Waals surface area contributed by atoms with E-state index in [0.29, 0.717) is 30.6 Å². The summed E-state index contributed by atoms with van der Waals surface area (Å²) in [5.74, 6) is -0.0611. The number of rotatable bonds is 12. The summed E-state index contributed by atoms with van der Waals surface area (Å²) in [4.78, 5) is 17.4. The monoisotopic (exact) mass is 426 g/mol. The van der Waals surface area contributed by atoms with Crippen LogP contribution in [0.25, 0.3) is 0 Å². The summed E-state index contributed by atoms with van der Waals surface area (Å²) < 4.78 is 6.03. The second kappa shape index (κ2) is 12.0. The van der Waals surface area contributed by atoms with E-state index in [-0.39, 0.29) is 12.4 Å². The second-order valence-electron chi connectivity index (χ2n) is 8.86. The lowest BCUT2D eigenvalue weighted by Crippen LogP contribution is -2.44. The largest absolute Gasteiger partial charge is 0.389 e. The average Bonchev–Trinajstić information content (AvgIpc) is 2.74. The lowest BCUT2D eigenvalue weighted by atomic mass is 9.99. The van der Waals surface area contributed by atoms with Gasteiger partial charge in [0.05, 0.1) is 12.7 Å². The van der Waals surface area contributed by atoms with Crippen LogP contribution in [0, 0.1) is 0 Å². The van der Waals surface area contributed by atoms with Crippen molar-refractivity contribution < 1.29 is 14.6 Å². The van der Waals surface area contributed by atoms with E-state index in [1.807, 2.05) is 73.6 Å². The van der Waals surface area contributed by atoms with Crippen LogP contribution in [0.2, 0.25) is 0 Å². The van der Waals surface area contributed by atoms with Crippen molar-refractivity contribution in [2.45, 2.75) is 58.4 Å². The maximum atomic E-state index is 13.2. The molecule has 0 aliphatic heterocycles. The van der Waals surface area contributed by atoms with E-state index in [4.69, 9.17) is 4.74 Å². The molecular weight excluding hydrogens is 388 g/mol. The summed E-state index contributed by atoms with van der Waals surface area (Å²) in [7, 11) is 4.00. The summed E-state index contributed by atoms with van der Waals surface area (Å²) in [6.45, 7) is 9.10. The molecule has 0 bridgehead atoms. The molecule has 0 saturated heterocycles. The van der Waals surface area contributed by atoms with E-state index in [0.717, 1.165) is 11.3 Å². The van der Waals surface area contributed by atoms with Gasteiger partial charge >= 0.3 is 0 Å². The van der Waals surface area contributed by atoms with Crippen LogP contribution in [-0.4, -0.2) is 67.3 Å². The zero-order chi connectivity index (χ0) is 23.0. The van der Waals surface area contributed by atoms with Gasteiger partial charge in [0, 0.05) is 50.4 Å². The fourth-order valence-corrected chi connectivity index (χ4v) is 3.70. The van der Waals surface area contributed by atoms with Crippen molar-refractivity contribution in [3.8, 4) is 0 Å². The smallest absolute Gasteiger partial charge is 0.191 e. The van der Waals surface area contributed by atoms with Gasteiger partial charge < -0.3 is 14.7 Å². The van der Waals surface area contributed by atoms with Crippen molar-refractivity contribution >= 4 is 11.5 Å². The third kappa shape index (κ3) is 7.76. The van der Waals surface area contributed by atoms with E-state index in [2.05, 4.69) is 32.6 Å². The quantitative estimate of drug-likeness (QED) is 0.519. The number of aliphatic hydroxyl groups is 1. The first-order valence-corrected chi connectivity index (χ1v) is 11.1. The molecule has 5 nitrogen and oxygen atoms in total. The molecule has 0 aliphatic carbocycles. The predicted molar refractivity (Wildman–Crippen MR) is 128 cm³/mol. The fraction of sp³-hybridized carbons (Fsp3) is 0.500. The first-order valence-electron chi connectivity index (χ1n) is 11.1. The van der Waals surface area contributed by atoms with Crippen molar-refractivity contribution in [1.29, 1.82) is 0 Å². The predicted octanol–water partition coefficient (Wildman–Crippen LogP) is 4.04. The summed E-state index contributed by atoms with van der Waals surface area (Å²) in [6.07, 6.45) is -0.840. The van der Waals surface area contributed by atoms with E-state index in [1.54, 1.807) is 0 Å². The highest BCUT2D eigenvalue weighted by atomic mass is 16.5. The summed E-state index contributed by atoms with van der Waals surface area (Å²) in [5.41, 5.74) is 2.76. The molecule has 5 heteroatoms. The number of ether oxygens (including phenoxy) is 1. The van der Waals surface area contributed by atoms with Crippen molar-refractivity contribution in [1.82, 2.24) is 4.90 Å². The van der Waals surface area contributed by atoms with Crippen LogP contribution < -0.4 is 4.90 Å². The molecule has 2 atom stereocenters. The molecule has 0 aliphatic rings. The van der Waals surface area contributed by atoms with Crippen molar-refractivity contribution in [2.75, 3.05) is 32.1 Å². The van der Waals surface area contributed by atoms with E-state index in [9.17, 15) is 9.90 Å². The van der Waals surface area contributed by atoms with Crippen LogP contribution in [0.4, 0.5) is 5.69 Å². The van der Waals surface area contributed by atoms with Crippen molar-refractivity contribution in [3.63, 3.8) is 0 Å². The number of ketones is 1. The molecule has 1 N–H and O–H groups in total. The Hall–Kier alpha value is -2.21. The number of Topliss-reactive ketones (excluding diaryl/α,β-unsaturated/α-hetero) is 1. The van der Waals surface area contributed by atoms with Gasteiger partial charge in [-0.3, -0.25) is 9.69 Å². The summed E-state index contributed by atoms with van der Waals surface area (Å²) >= 11 is 0. The standard InChI is InChI=1S/C26H38N2O3/c1-19(2)28(20(3)4)17-24(29)18-31-25(26(30)22-10-8-7-9-11-22)16-21-12-14-23(15-13-21)27(5)6/h7-15,19-20,24-25,29H,16-18H2,1-6H3. The molecule has 0 fully saturated rings. The van der Waals surface area contributed by atoms with Gasteiger partial charge in [-0.05, 0) is 45.4 Å². The first kappa shape index (κ1) is 25.1. The van der Waals surface area contributed by atoms with Gasteiger partial charge in [0.25, 0.3) is 0 Å². The molecule has 2 rings (SSSR count). The minimum absolute atomic E-state index is 0.0611. The van der Waals surface area contributed by atoms with Crippen LogP contribution in [0.15, 0.2) is 54.6 Å². The van der Waals surface area contributed by atoms with Gasteiger partial charge in [0.1, 0.15) is 6.10 Å². The molecular formula is C26H38N2O3. The maximum Gasteiger partial charge on any atom is 0.191 e. The van der Waals surface area contributed by atoms with E-state index >= 15 is 0 Å². The third-order valence-electron chi connectivity index (χ3n) is 5.46. The first-order chi connectivity index (χ1) is 14.7. The van der Waals surface area contributed by atoms with Gasteiger partial charge in [0.15, 0.2) is 5.78 Å². The molecule has 170 valence electrons. The molecule has 0 saturated carbocycles. The van der Waals surface area contributed by atoms with Crippen LogP contribution in [0.5, 0.6) is 0 Å². The highest BCUT2D eigenvalue weighted by Crippen LogP contribution is 2.17. The molecule has 2 unspecified atom stereocenters. The molecule has 2 aromatic carbocycles. The Morgan fingerprint density at radius 2 is 1.52 bits per heavy atom. The fourth-order valence-electron chi connectivity index (χ4n) is 3.70. The molecule has 31 heavy (non-hydrogen) atoms. The van der Waals surface area contributed by atoms with Crippen LogP contribution >= 0.6 is 0 Å². The van der Waals surface area contributed by atoms with E-state index < -0.39 is 12.2 Å². The molecule has 0 amide bonds. The Balaban J connectivity index is 2.11. The minimum atomic E-state index is -0.660. The summed E-state index contributed by atoms with van der Waals surface area (Å²) in [5, 5.41) is 10.6. The van der Waals surface area contributed by atoms with Gasteiger partial charge in [-0.25, -0.2) is 0 Å². The van der Waals surface area contributed by atoms with Gasteiger partial charge in [-0.2, -0.15) is 0 Å². The van der Waals surface area contributed by atoms with Crippen molar-refractivity contribution in [3.05, 3.63) is 65.7 Å². The number of aliphatic hydroxyl groups excluding tert-OH is 1. The Kier molecular flexibility index (Phi) is 9.69. The SMILES string of the molecule is CC(C)N(CC(O)COC(Cc1ccc(N(C)C)cc1)C(=O)c1ccccc1)C(C)C. The molecule has 0 radical (unpaired) electrons. The van der Waals surface area contributed by atoms with Crippen LogP contribution in [0.1, 0.15) is 43.6 Å². The van der Waals surface area contributed by atoms with Crippen LogP contribution in [0.3, 0.4) is 0 Å². The highest BCUT2D eigenvalue weighted by molar-refractivity contribution is 5.99. The average molecular weight is 427 g/mol. The maximum absolute atomic E-state index is 13.2. The molecule has 0 aromatic heterocycles. The van der Waals surface area contributed by atoms with E-state index in [1.165, 1.54) is 0 Å². The van der Waals surface area contributed by atoms with Crippen LogP contribution in [-0.2, 0) is 11.2 Å². The number of nitrogens with zero attached hydrogens (tertiary/aromatic N) is 2. The Labute approximate surface area is 187 Å². The van der Waals surface area contributed by atoms with Gasteiger partial charge in [-0.15, -0.1) is 0 Å². The second-order valence-corrected chi connectivity index (χ2v) is 8.86. The van der Waals surface area contributed by atoms with Gasteiger partial charge in [-0.1, -0.05) is 42.5 Å². The minimum Gasteiger partial charge on any atom is -0.389 e. The number of benzene rings is 2. The zero-order valence-corrected chi connectivity index (χ0v) is 19.8. The highest BCUT2D eigenvalue weighted by Gasteiger charge is 2.24. The zero-order valence-electron chi connectivity index (χ0n) is 19.8. The lowest BCUT2D eigenvalue weighted by Gasteiger charge is -2.32. The normalized spacial score (nSPS) is 13.6. The Morgan fingerprint density at radius 1 is 0.935 bits per heavy atom. The third-order valence-corrected chi connectivity index (χ3v) is 5.46. The Bertz CT molecular complexity index is 780. The molecule has 0 spiro atoms. The molecule has 2 aromatic rings. The number of carbonyl (C=O) groups is 1. The van der Waals surface area contributed by atoms with Gasteiger partial charge in [0.2, 0.25) is 0 Å². The Morgan fingerprint density at radius 3 is 2.03 bits per heavy atom. The number of hydrogen-bond donors (Lipinski definition) is 1. The van der Waals surface area contributed by atoms with Crippen molar-refractivity contribution in [2.24, 2.45) is 0 Å².